The van der Waals surface area contributed by atoms with E-state index in [1.807, 2.05) is 18.2 Å². The van der Waals surface area contributed by atoms with Crippen LogP contribution >= 0.6 is 27.5 Å². The van der Waals surface area contributed by atoms with Crippen LogP contribution in [0.2, 0.25) is 5.02 Å². The molecule has 28 heavy (non-hydrogen) atoms. The normalized spacial score (nSPS) is 11.2. The summed E-state index contributed by atoms with van der Waals surface area (Å²) in [5.41, 5.74) is 1.37. The number of halogens is 2. The zero-order valence-electron chi connectivity index (χ0n) is 14.7. The van der Waals surface area contributed by atoms with Crippen LogP contribution in [0.3, 0.4) is 0 Å². The second kappa shape index (κ2) is 8.34. The van der Waals surface area contributed by atoms with Crippen molar-refractivity contribution >= 4 is 55.0 Å². The number of hydrogen-bond acceptors (Lipinski definition) is 4. The molecule has 0 bridgehead atoms. The molecule has 1 amide bonds. The standard InChI is InChI=1S/C18H16BrClN4O3S/c1-12(25)21-14-6-8-15(9-7-14)28(26,27)23-18-16(19)11-24(22-18)10-13-4-2-3-5-17(13)20/h2-9,11H,10H2,1H3,(H,21,25)(H,22,23). The number of hydrogen-bond donors (Lipinski definition) is 2. The minimum Gasteiger partial charge on any atom is -0.326 e. The van der Waals surface area contributed by atoms with E-state index < -0.39 is 10.0 Å². The van der Waals surface area contributed by atoms with E-state index >= 15 is 0 Å². The molecular formula is C18H16BrClN4O3S. The van der Waals surface area contributed by atoms with Gasteiger partial charge in [0.1, 0.15) is 0 Å². The van der Waals surface area contributed by atoms with Crippen LogP contribution in [0.1, 0.15) is 12.5 Å². The van der Waals surface area contributed by atoms with Gasteiger partial charge < -0.3 is 5.32 Å². The maximum atomic E-state index is 12.6. The average molecular weight is 484 g/mol. The summed E-state index contributed by atoms with van der Waals surface area (Å²) in [7, 11) is -3.84. The van der Waals surface area contributed by atoms with Gasteiger partial charge in [0.2, 0.25) is 5.91 Å². The Hall–Kier alpha value is -2.36. The molecular weight excluding hydrogens is 468 g/mol. The summed E-state index contributed by atoms with van der Waals surface area (Å²) in [4.78, 5) is 11.1. The van der Waals surface area contributed by atoms with E-state index in [1.165, 1.54) is 31.2 Å². The van der Waals surface area contributed by atoms with E-state index in [1.54, 1.807) is 16.9 Å². The number of carbonyl (C=O) groups excluding carboxylic acids is 1. The molecule has 0 aliphatic rings. The Morgan fingerprint density at radius 1 is 1.18 bits per heavy atom. The summed E-state index contributed by atoms with van der Waals surface area (Å²) in [6, 6.07) is 13.2. The monoisotopic (exact) mass is 482 g/mol. The Balaban J connectivity index is 1.78. The van der Waals surface area contributed by atoms with Crippen molar-refractivity contribution in [3.05, 3.63) is 69.8 Å². The summed E-state index contributed by atoms with van der Waals surface area (Å²) in [6.45, 7) is 1.77. The van der Waals surface area contributed by atoms with Crippen molar-refractivity contribution in [2.24, 2.45) is 0 Å². The molecule has 0 aliphatic carbocycles. The molecule has 0 saturated heterocycles. The van der Waals surface area contributed by atoms with Crippen LogP contribution in [0.25, 0.3) is 0 Å². The Morgan fingerprint density at radius 2 is 1.86 bits per heavy atom. The van der Waals surface area contributed by atoms with Crippen molar-refractivity contribution in [2.45, 2.75) is 18.4 Å². The van der Waals surface area contributed by atoms with Gasteiger partial charge >= 0.3 is 0 Å². The molecule has 0 spiro atoms. The number of sulfonamides is 1. The van der Waals surface area contributed by atoms with E-state index in [0.717, 1.165) is 5.56 Å². The highest BCUT2D eigenvalue weighted by molar-refractivity contribution is 9.10. The highest BCUT2D eigenvalue weighted by Gasteiger charge is 2.18. The van der Waals surface area contributed by atoms with Crippen molar-refractivity contribution in [2.75, 3.05) is 10.0 Å². The Kier molecular flexibility index (Phi) is 6.07. The number of anilines is 2. The van der Waals surface area contributed by atoms with Crippen LogP contribution in [0.15, 0.2) is 64.1 Å². The lowest BCUT2D eigenvalue weighted by molar-refractivity contribution is -0.114. The lowest BCUT2D eigenvalue weighted by Crippen LogP contribution is -2.14. The van der Waals surface area contributed by atoms with Crippen molar-refractivity contribution < 1.29 is 13.2 Å². The summed E-state index contributed by atoms with van der Waals surface area (Å²) >= 11 is 9.48. The van der Waals surface area contributed by atoms with E-state index in [9.17, 15) is 13.2 Å². The third kappa shape index (κ3) is 4.92. The first-order valence-electron chi connectivity index (χ1n) is 8.11. The summed E-state index contributed by atoms with van der Waals surface area (Å²) in [6.07, 6.45) is 1.67. The largest absolute Gasteiger partial charge is 0.326 e. The van der Waals surface area contributed by atoms with Gasteiger partial charge in [-0.3, -0.25) is 14.2 Å². The third-order valence-electron chi connectivity index (χ3n) is 3.72. The molecule has 7 nitrogen and oxygen atoms in total. The van der Waals surface area contributed by atoms with Crippen LogP contribution in [-0.4, -0.2) is 24.1 Å². The highest BCUT2D eigenvalue weighted by atomic mass is 79.9. The maximum Gasteiger partial charge on any atom is 0.263 e. The van der Waals surface area contributed by atoms with Crippen molar-refractivity contribution in [1.29, 1.82) is 0 Å². The Bertz CT molecular complexity index is 1110. The number of rotatable bonds is 6. The molecule has 146 valence electrons. The predicted molar refractivity (Wildman–Crippen MR) is 112 cm³/mol. The zero-order chi connectivity index (χ0) is 20.3. The third-order valence-corrected chi connectivity index (χ3v) is 6.03. The smallest absolute Gasteiger partial charge is 0.263 e. The summed E-state index contributed by atoms with van der Waals surface area (Å²) in [5.74, 6) is -0.0697. The van der Waals surface area contributed by atoms with Gasteiger partial charge in [0.05, 0.1) is 15.9 Å². The maximum absolute atomic E-state index is 12.6. The zero-order valence-corrected chi connectivity index (χ0v) is 17.8. The average Bonchev–Trinajstić information content (AvgIpc) is 2.95. The molecule has 10 heteroatoms. The molecule has 3 aromatic rings. The van der Waals surface area contributed by atoms with Gasteiger partial charge in [-0.25, -0.2) is 8.42 Å². The van der Waals surface area contributed by atoms with Crippen LogP contribution in [0.5, 0.6) is 0 Å². The minimum atomic E-state index is -3.84. The number of nitrogens with one attached hydrogen (secondary N) is 2. The molecule has 0 fully saturated rings. The molecule has 2 aromatic carbocycles. The SMILES string of the molecule is CC(=O)Nc1ccc(S(=O)(=O)Nc2nn(Cc3ccccc3Cl)cc2Br)cc1. The molecule has 0 aliphatic heterocycles. The fourth-order valence-corrected chi connectivity index (χ4v) is 4.21. The molecule has 1 aromatic heterocycles. The van der Waals surface area contributed by atoms with E-state index in [4.69, 9.17) is 11.6 Å². The van der Waals surface area contributed by atoms with Gasteiger partial charge in [-0.05, 0) is 51.8 Å². The van der Waals surface area contributed by atoms with Crippen LogP contribution < -0.4 is 10.0 Å². The summed E-state index contributed by atoms with van der Waals surface area (Å²) < 4.78 is 29.8. The Labute approximate surface area is 175 Å². The van der Waals surface area contributed by atoms with E-state index in [0.29, 0.717) is 21.7 Å². The fraction of sp³-hybridized carbons (Fsp3) is 0.111. The van der Waals surface area contributed by atoms with Gasteiger partial charge in [-0.15, -0.1) is 0 Å². The van der Waals surface area contributed by atoms with E-state index in [-0.39, 0.29) is 16.6 Å². The van der Waals surface area contributed by atoms with Gasteiger partial charge in [0.25, 0.3) is 10.0 Å². The van der Waals surface area contributed by atoms with Crippen molar-refractivity contribution in [3.8, 4) is 0 Å². The predicted octanol–water partition coefficient (Wildman–Crippen LogP) is 4.11. The van der Waals surface area contributed by atoms with Gasteiger partial charge in [-0.2, -0.15) is 5.10 Å². The number of carbonyl (C=O) groups is 1. The number of amides is 1. The first kappa shape index (κ1) is 20.4. The van der Waals surface area contributed by atoms with E-state index in [2.05, 4.69) is 31.1 Å². The van der Waals surface area contributed by atoms with Crippen molar-refractivity contribution in [1.82, 2.24) is 9.78 Å². The second-order valence-electron chi connectivity index (χ2n) is 5.93. The Morgan fingerprint density at radius 3 is 2.50 bits per heavy atom. The molecule has 3 rings (SSSR count). The number of aromatic nitrogens is 2. The quantitative estimate of drug-likeness (QED) is 0.552. The molecule has 0 atom stereocenters. The molecule has 0 saturated carbocycles. The summed E-state index contributed by atoms with van der Waals surface area (Å²) in [5, 5.41) is 7.47. The van der Waals surface area contributed by atoms with Crippen LogP contribution in [0.4, 0.5) is 11.5 Å². The number of nitrogens with zero attached hydrogens (tertiary/aromatic N) is 2. The van der Waals surface area contributed by atoms with Crippen LogP contribution in [0, 0.1) is 0 Å². The lowest BCUT2D eigenvalue weighted by atomic mass is 10.2. The molecule has 2 N–H and O–H groups in total. The van der Waals surface area contributed by atoms with Gasteiger partial charge in [-0.1, -0.05) is 29.8 Å². The van der Waals surface area contributed by atoms with Gasteiger partial charge in [0.15, 0.2) is 5.82 Å². The van der Waals surface area contributed by atoms with Crippen molar-refractivity contribution in [3.63, 3.8) is 0 Å². The lowest BCUT2D eigenvalue weighted by Gasteiger charge is -2.08. The first-order chi connectivity index (χ1) is 13.2. The second-order valence-corrected chi connectivity index (χ2v) is 8.87. The molecule has 0 radical (unpaired) electrons. The van der Waals surface area contributed by atoms with Crippen LogP contribution in [-0.2, 0) is 21.4 Å². The topological polar surface area (TPSA) is 93.1 Å². The molecule has 0 unspecified atom stereocenters. The first-order valence-corrected chi connectivity index (χ1v) is 10.8. The molecule has 1 heterocycles. The fourth-order valence-electron chi connectivity index (χ4n) is 2.46. The minimum absolute atomic E-state index is 0.0501. The highest BCUT2D eigenvalue weighted by Crippen LogP contribution is 2.25. The number of benzene rings is 2. The van der Waals surface area contributed by atoms with Gasteiger partial charge in [0, 0.05) is 23.8 Å².